The van der Waals surface area contributed by atoms with Gasteiger partial charge in [-0.2, -0.15) is 0 Å². The van der Waals surface area contributed by atoms with E-state index >= 15 is 0 Å². The van der Waals surface area contributed by atoms with Crippen molar-refractivity contribution in [2.45, 2.75) is 193 Å². The third-order valence-electron chi connectivity index (χ3n) is 11.0. The highest BCUT2D eigenvalue weighted by atomic mass is 31.2. The fourth-order valence-electron chi connectivity index (χ4n) is 6.79. The van der Waals surface area contributed by atoms with Crippen molar-refractivity contribution in [2.24, 2.45) is 0 Å². The second kappa shape index (κ2) is 41.9. The summed E-state index contributed by atoms with van der Waals surface area (Å²) in [6.07, 6.45) is 29.8. The molecule has 16 heteroatoms. The Labute approximate surface area is 393 Å². The molecule has 0 aliphatic carbocycles. The molecule has 14 nitrogen and oxygen atoms in total. The van der Waals surface area contributed by atoms with E-state index in [9.17, 15) is 18.9 Å². The number of ether oxygens (including phenoxy) is 4. The second-order valence-electron chi connectivity index (χ2n) is 19.8. The van der Waals surface area contributed by atoms with E-state index in [1.165, 1.54) is 116 Å². The van der Waals surface area contributed by atoms with E-state index in [2.05, 4.69) is 13.8 Å². The first-order valence-electron chi connectivity index (χ1n) is 25.7. The average Bonchev–Trinajstić information content (AvgIpc) is 3.21. The van der Waals surface area contributed by atoms with Crippen LogP contribution in [-0.2, 0) is 46.2 Å². The molecule has 4 unspecified atom stereocenters. The summed E-state index contributed by atoms with van der Waals surface area (Å²) >= 11 is 0. The van der Waals surface area contributed by atoms with E-state index in [4.69, 9.17) is 37.0 Å². The Balaban J connectivity index is 4.08. The topological polar surface area (TPSA) is 154 Å². The summed E-state index contributed by atoms with van der Waals surface area (Å²) in [5.41, 5.74) is 0. The minimum atomic E-state index is -4.41. The summed E-state index contributed by atoms with van der Waals surface area (Å²) in [4.78, 5) is 24.7. The minimum Gasteiger partial charge on any atom is -0.756 e. The molecule has 0 heterocycles. The van der Waals surface area contributed by atoms with Crippen LogP contribution in [0.4, 0.5) is 0 Å². The standard InChI is InChI=1S/C48H102N2O12P2/c1-9-11-13-15-29-33-39-57-47(45-61-63(51,52)59-41-35-49(3,4)5)43-55-37-31-27-25-23-21-19-17-18-20-22-24-26-28-32-38-56-44-48(58-40-34-30-16-14-12-10-2)46-62-64(53,54)60-42-36-50(6,7)8/h47-48H,9-46H2,1-8H3. The van der Waals surface area contributed by atoms with Crippen LogP contribution in [0.3, 0.4) is 0 Å². The molecule has 386 valence electrons. The van der Waals surface area contributed by atoms with Gasteiger partial charge in [0.25, 0.3) is 15.6 Å². The van der Waals surface area contributed by atoms with E-state index in [0.717, 1.165) is 51.4 Å². The highest BCUT2D eigenvalue weighted by molar-refractivity contribution is 7.46. The summed E-state index contributed by atoms with van der Waals surface area (Å²) in [6, 6.07) is 0. The van der Waals surface area contributed by atoms with Gasteiger partial charge in [0.2, 0.25) is 0 Å². The Morgan fingerprint density at radius 3 is 0.906 bits per heavy atom. The molecule has 4 atom stereocenters. The molecule has 0 aromatic carbocycles. The molecule has 0 amide bonds. The molecule has 0 aromatic heterocycles. The van der Waals surface area contributed by atoms with Crippen molar-refractivity contribution >= 4 is 15.6 Å². The average molecular weight is 961 g/mol. The molecule has 0 saturated heterocycles. The number of hydrogen-bond donors (Lipinski definition) is 0. The molecule has 0 saturated carbocycles. The normalized spacial score (nSPS) is 15.3. The van der Waals surface area contributed by atoms with Crippen molar-refractivity contribution in [1.29, 1.82) is 0 Å². The molecule has 0 spiro atoms. The Morgan fingerprint density at radius 2 is 0.625 bits per heavy atom. The molecular weight excluding hydrogens is 858 g/mol. The molecule has 0 radical (unpaired) electrons. The first kappa shape index (κ1) is 64.0. The lowest BCUT2D eigenvalue weighted by Gasteiger charge is -2.28. The molecule has 64 heavy (non-hydrogen) atoms. The van der Waals surface area contributed by atoms with Gasteiger partial charge in [-0.05, 0) is 25.7 Å². The molecule has 0 bridgehead atoms. The van der Waals surface area contributed by atoms with Crippen molar-refractivity contribution in [1.82, 2.24) is 0 Å². The van der Waals surface area contributed by atoms with Crippen LogP contribution in [0.1, 0.15) is 181 Å². The van der Waals surface area contributed by atoms with Gasteiger partial charge in [-0.25, -0.2) is 0 Å². The number of rotatable bonds is 51. The van der Waals surface area contributed by atoms with E-state index in [1.54, 1.807) is 0 Å². The maximum absolute atomic E-state index is 12.3. The van der Waals surface area contributed by atoms with Crippen molar-refractivity contribution in [3.63, 3.8) is 0 Å². The van der Waals surface area contributed by atoms with Gasteiger partial charge in [0.1, 0.15) is 38.5 Å². The monoisotopic (exact) mass is 961 g/mol. The Bertz CT molecular complexity index is 1030. The van der Waals surface area contributed by atoms with E-state index in [-0.39, 0.29) is 26.4 Å². The zero-order valence-corrected chi connectivity index (χ0v) is 44.5. The lowest BCUT2D eigenvalue weighted by molar-refractivity contribution is -0.870. The largest absolute Gasteiger partial charge is 0.756 e. The van der Waals surface area contributed by atoms with Crippen molar-refractivity contribution in [2.75, 3.05) is 121 Å². The summed E-state index contributed by atoms with van der Waals surface area (Å²) in [5.74, 6) is 0. The summed E-state index contributed by atoms with van der Waals surface area (Å²) < 4.78 is 70.2. The minimum absolute atomic E-state index is 0.0790. The molecule has 0 rings (SSSR count). The van der Waals surface area contributed by atoms with Crippen LogP contribution in [0, 0.1) is 0 Å². The summed E-state index contributed by atoms with van der Waals surface area (Å²) in [5, 5.41) is 0. The van der Waals surface area contributed by atoms with Gasteiger partial charge in [-0.3, -0.25) is 9.13 Å². The van der Waals surface area contributed by atoms with Crippen LogP contribution in [0.5, 0.6) is 0 Å². The quantitative estimate of drug-likeness (QED) is 0.0324. The molecular formula is C48H102N2O12P2. The lowest BCUT2D eigenvalue weighted by Crippen LogP contribution is -2.37. The fourth-order valence-corrected chi connectivity index (χ4v) is 8.25. The third kappa shape index (κ3) is 48.4. The Morgan fingerprint density at radius 1 is 0.359 bits per heavy atom. The van der Waals surface area contributed by atoms with E-state index in [1.807, 2.05) is 42.3 Å². The number of quaternary nitrogens is 2. The zero-order valence-electron chi connectivity index (χ0n) is 42.7. The van der Waals surface area contributed by atoms with Crippen LogP contribution in [0.2, 0.25) is 0 Å². The SMILES string of the molecule is CCCCCCCCOC(COCCCCCCCCCCCCCCCCOCC(COP(=O)([O-])OCC[N+](C)(C)C)OCCCCCCCC)COP(=O)([O-])OCC[N+](C)(C)C. The lowest BCUT2D eigenvalue weighted by atomic mass is 10.0. The fraction of sp³-hybridized carbons (Fsp3) is 1.00. The van der Waals surface area contributed by atoms with E-state index < -0.39 is 27.9 Å². The molecule has 0 fully saturated rings. The maximum atomic E-state index is 12.3. The van der Waals surface area contributed by atoms with Crippen LogP contribution < -0.4 is 9.79 Å². The van der Waals surface area contributed by atoms with Gasteiger partial charge in [0.05, 0.1) is 68.7 Å². The van der Waals surface area contributed by atoms with Crippen LogP contribution in [0.15, 0.2) is 0 Å². The van der Waals surface area contributed by atoms with Gasteiger partial charge in [0, 0.05) is 26.4 Å². The smallest absolute Gasteiger partial charge is 0.268 e. The first-order chi connectivity index (χ1) is 30.5. The van der Waals surface area contributed by atoms with Crippen molar-refractivity contribution in [3.8, 4) is 0 Å². The van der Waals surface area contributed by atoms with Gasteiger partial charge in [0.15, 0.2) is 0 Å². The van der Waals surface area contributed by atoms with Crippen LogP contribution in [0.25, 0.3) is 0 Å². The number of phosphoric acid groups is 2. The number of nitrogens with zero attached hydrogens (tertiary/aromatic N) is 2. The third-order valence-corrected chi connectivity index (χ3v) is 12.9. The zero-order chi connectivity index (χ0) is 47.7. The number of phosphoric ester groups is 2. The molecule has 0 aliphatic heterocycles. The second-order valence-corrected chi connectivity index (χ2v) is 22.6. The molecule has 0 aliphatic rings. The van der Waals surface area contributed by atoms with Crippen LogP contribution in [-0.4, -0.2) is 143 Å². The maximum Gasteiger partial charge on any atom is 0.268 e. The highest BCUT2D eigenvalue weighted by Gasteiger charge is 2.19. The van der Waals surface area contributed by atoms with Gasteiger partial charge in [-0.15, -0.1) is 0 Å². The van der Waals surface area contributed by atoms with Crippen molar-refractivity contribution < 1.29 is 64.9 Å². The van der Waals surface area contributed by atoms with Crippen molar-refractivity contribution in [3.05, 3.63) is 0 Å². The Hall–Kier alpha value is -0.0200. The van der Waals surface area contributed by atoms with Gasteiger partial charge >= 0.3 is 0 Å². The van der Waals surface area contributed by atoms with E-state index in [0.29, 0.717) is 61.7 Å². The number of likely N-dealkylation sites (N-methyl/N-ethyl adjacent to an activating group) is 2. The highest BCUT2D eigenvalue weighted by Crippen LogP contribution is 2.39. The summed E-state index contributed by atoms with van der Waals surface area (Å²) in [6.45, 7) is 8.50. The summed E-state index contributed by atoms with van der Waals surface area (Å²) in [7, 11) is 3.07. The Kier molecular flexibility index (Phi) is 41.9. The predicted octanol–water partition coefficient (Wildman–Crippen LogP) is 10.4. The predicted molar refractivity (Wildman–Crippen MR) is 257 cm³/mol. The first-order valence-corrected chi connectivity index (χ1v) is 28.6. The van der Waals surface area contributed by atoms with Gasteiger partial charge in [-0.1, -0.05) is 155 Å². The molecule has 0 aromatic rings. The number of hydrogen-bond acceptors (Lipinski definition) is 12. The van der Waals surface area contributed by atoms with Gasteiger partial charge < -0.3 is 55.8 Å². The van der Waals surface area contributed by atoms with Crippen LogP contribution >= 0.6 is 15.6 Å². The number of unbranched alkanes of at least 4 members (excludes halogenated alkanes) is 23. The molecule has 0 N–H and O–H groups in total.